The highest BCUT2D eigenvalue weighted by atomic mass is 19.4. The molecule has 1 unspecified atom stereocenters. The molecule has 5 nitrogen and oxygen atoms in total. The zero-order valence-electron chi connectivity index (χ0n) is 14.4. The predicted molar refractivity (Wildman–Crippen MR) is 97.2 cm³/mol. The van der Waals surface area contributed by atoms with Gasteiger partial charge in [0, 0.05) is 22.9 Å². The molecule has 4 rings (SSSR count). The Hall–Kier alpha value is -3.16. The molecule has 3 heterocycles. The van der Waals surface area contributed by atoms with Crippen LogP contribution in [-0.4, -0.2) is 25.4 Å². The van der Waals surface area contributed by atoms with E-state index in [1.165, 1.54) is 6.20 Å². The lowest BCUT2D eigenvalue weighted by Crippen LogP contribution is -2.08. The van der Waals surface area contributed by atoms with Gasteiger partial charge in [-0.1, -0.05) is 13.0 Å². The maximum atomic E-state index is 13.3. The van der Waals surface area contributed by atoms with Crippen LogP contribution in [0.25, 0.3) is 33.1 Å². The van der Waals surface area contributed by atoms with E-state index in [4.69, 9.17) is 0 Å². The van der Waals surface area contributed by atoms with Crippen LogP contribution in [0.3, 0.4) is 0 Å². The maximum Gasteiger partial charge on any atom is 0.435 e. The highest BCUT2D eigenvalue weighted by Gasteiger charge is 2.37. The van der Waals surface area contributed by atoms with Crippen molar-refractivity contribution in [3.8, 4) is 11.3 Å². The van der Waals surface area contributed by atoms with Crippen LogP contribution < -0.4 is 0 Å². The van der Waals surface area contributed by atoms with Gasteiger partial charge in [0.25, 0.3) is 0 Å². The first-order chi connectivity index (χ1) is 12.9. The molecule has 0 aliphatic heterocycles. The van der Waals surface area contributed by atoms with Gasteiger partial charge < -0.3 is 0 Å². The van der Waals surface area contributed by atoms with Gasteiger partial charge in [-0.05, 0) is 30.2 Å². The third-order valence-corrected chi connectivity index (χ3v) is 4.73. The lowest BCUT2D eigenvalue weighted by molar-refractivity contribution is -0.140. The summed E-state index contributed by atoms with van der Waals surface area (Å²) in [5.74, 6) is -0.0315. The maximum absolute atomic E-state index is 13.3. The molecule has 138 valence electrons. The molecule has 2 N–H and O–H groups in total. The Labute approximate surface area is 152 Å². The summed E-state index contributed by atoms with van der Waals surface area (Å²) in [7, 11) is 0. The number of H-pyrrole nitrogens is 2. The highest BCUT2D eigenvalue weighted by molar-refractivity contribution is 6.07. The zero-order valence-corrected chi connectivity index (χ0v) is 14.4. The van der Waals surface area contributed by atoms with E-state index in [-0.39, 0.29) is 17.2 Å². The van der Waals surface area contributed by atoms with Crippen LogP contribution in [0.2, 0.25) is 0 Å². The van der Waals surface area contributed by atoms with Gasteiger partial charge >= 0.3 is 6.18 Å². The van der Waals surface area contributed by atoms with Crippen molar-refractivity contribution in [2.45, 2.75) is 25.4 Å². The number of benzene rings is 1. The van der Waals surface area contributed by atoms with Crippen molar-refractivity contribution in [2.24, 2.45) is 0 Å². The van der Waals surface area contributed by atoms with Gasteiger partial charge in [0.2, 0.25) is 0 Å². The Morgan fingerprint density at radius 3 is 2.81 bits per heavy atom. The van der Waals surface area contributed by atoms with Gasteiger partial charge in [-0.25, -0.2) is 4.98 Å². The van der Waals surface area contributed by atoms with Crippen LogP contribution >= 0.6 is 0 Å². The Kier molecular flexibility index (Phi) is 3.98. The summed E-state index contributed by atoms with van der Waals surface area (Å²) in [6.45, 7) is 5.90. The Morgan fingerprint density at radius 1 is 1.30 bits per heavy atom. The molecule has 8 heteroatoms. The Bertz CT molecular complexity index is 1140. The van der Waals surface area contributed by atoms with Crippen LogP contribution in [0.15, 0.2) is 43.2 Å². The van der Waals surface area contributed by atoms with Gasteiger partial charge in [-0.15, -0.1) is 6.58 Å². The number of nitrogens with one attached hydrogen (secondary N) is 2. The molecular weight excluding hydrogens is 355 g/mol. The van der Waals surface area contributed by atoms with Gasteiger partial charge in [0.1, 0.15) is 0 Å². The van der Waals surface area contributed by atoms with Gasteiger partial charge in [-0.3, -0.25) is 10.2 Å². The summed E-state index contributed by atoms with van der Waals surface area (Å²) < 4.78 is 39.9. The fourth-order valence-corrected chi connectivity index (χ4v) is 3.43. The molecular formula is C19H16F3N5. The molecule has 0 saturated heterocycles. The number of pyridine rings is 1. The van der Waals surface area contributed by atoms with E-state index >= 15 is 0 Å². The van der Waals surface area contributed by atoms with Crippen LogP contribution in [0.5, 0.6) is 0 Å². The molecule has 1 aromatic carbocycles. The van der Waals surface area contributed by atoms with Crippen molar-refractivity contribution in [3.05, 3.63) is 54.5 Å². The lowest BCUT2D eigenvalue weighted by Gasteiger charge is -2.16. The average molecular weight is 371 g/mol. The molecule has 4 aromatic rings. The number of halogens is 3. The SMILES string of the molecule is C=CC(CC)c1cc(-c2c[nH]nc2C(F)(F)F)nc2ccc3[nH]ncc3c12. The predicted octanol–water partition coefficient (Wildman–Crippen LogP) is 5.20. The first kappa shape index (κ1) is 17.3. The second-order valence-corrected chi connectivity index (χ2v) is 6.28. The first-order valence-electron chi connectivity index (χ1n) is 8.44. The van der Waals surface area contributed by atoms with Crippen LogP contribution in [0.4, 0.5) is 13.2 Å². The summed E-state index contributed by atoms with van der Waals surface area (Å²) in [5, 5.41) is 14.4. The number of aromatic amines is 2. The number of aromatic nitrogens is 5. The summed E-state index contributed by atoms with van der Waals surface area (Å²) in [6.07, 6.45) is 0.928. The average Bonchev–Trinajstić information content (AvgIpc) is 3.31. The number of fused-ring (bicyclic) bond motifs is 3. The van der Waals surface area contributed by atoms with Crippen LogP contribution in [-0.2, 0) is 6.18 Å². The van der Waals surface area contributed by atoms with E-state index in [1.54, 1.807) is 24.4 Å². The summed E-state index contributed by atoms with van der Waals surface area (Å²) in [4.78, 5) is 4.50. The van der Waals surface area contributed by atoms with Crippen molar-refractivity contribution < 1.29 is 13.2 Å². The second kappa shape index (κ2) is 6.22. The molecule has 1 atom stereocenters. The van der Waals surface area contributed by atoms with E-state index in [0.29, 0.717) is 5.52 Å². The van der Waals surface area contributed by atoms with Gasteiger partial charge in [0.05, 0.1) is 28.5 Å². The van der Waals surface area contributed by atoms with Crippen molar-refractivity contribution in [3.63, 3.8) is 0 Å². The zero-order chi connectivity index (χ0) is 19.2. The number of alkyl halides is 3. The lowest BCUT2D eigenvalue weighted by atomic mass is 9.90. The second-order valence-electron chi connectivity index (χ2n) is 6.28. The third kappa shape index (κ3) is 2.77. The molecule has 27 heavy (non-hydrogen) atoms. The van der Waals surface area contributed by atoms with Crippen molar-refractivity contribution in [2.75, 3.05) is 0 Å². The van der Waals surface area contributed by atoms with Gasteiger partial charge in [-0.2, -0.15) is 23.4 Å². The molecule has 0 amide bonds. The number of allylic oxidation sites excluding steroid dienone is 1. The van der Waals surface area contributed by atoms with E-state index in [2.05, 4.69) is 32.0 Å². The van der Waals surface area contributed by atoms with Crippen LogP contribution in [0.1, 0.15) is 30.5 Å². The number of hydrogen-bond donors (Lipinski definition) is 2. The molecule has 0 radical (unpaired) electrons. The quantitative estimate of drug-likeness (QED) is 0.485. The minimum absolute atomic E-state index is 0.0315. The normalized spacial score (nSPS) is 13.3. The van der Waals surface area contributed by atoms with E-state index in [0.717, 1.165) is 28.3 Å². The number of rotatable bonds is 4. The fraction of sp³-hybridized carbons (Fsp3) is 0.211. The fourth-order valence-electron chi connectivity index (χ4n) is 3.43. The molecule has 0 aliphatic carbocycles. The van der Waals surface area contributed by atoms with Crippen molar-refractivity contribution in [1.82, 2.24) is 25.4 Å². The van der Waals surface area contributed by atoms with Gasteiger partial charge in [0.15, 0.2) is 5.69 Å². The van der Waals surface area contributed by atoms with E-state index < -0.39 is 11.9 Å². The molecule has 0 spiro atoms. The third-order valence-electron chi connectivity index (χ3n) is 4.73. The number of nitrogens with zero attached hydrogens (tertiary/aromatic N) is 3. The summed E-state index contributed by atoms with van der Waals surface area (Å²) in [6, 6.07) is 5.30. The smallest absolute Gasteiger partial charge is 0.284 e. The monoisotopic (exact) mass is 371 g/mol. The Morgan fingerprint density at radius 2 is 2.11 bits per heavy atom. The Balaban J connectivity index is 2.06. The number of hydrogen-bond acceptors (Lipinski definition) is 3. The minimum atomic E-state index is -4.57. The highest BCUT2D eigenvalue weighted by Crippen LogP contribution is 2.39. The van der Waals surface area contributed by atoms with Crippen molar-refractivity contribution in [1.29, 1.82) is 0 Å². The standard InChI is InChI=1S/C19H16F3N5/c1-3-10(4-2)11-7-16(13-9-24-27-18(13)19(20,21)22)25-15-6-5-14-12(17(11)15)8-23-26-14/h3,5-10H,1,4H2,2H3,(H,23,26)(H,24,27). The van der Waals surface area contributed by atoms with Crippen molar-refractivity contribution >= 4 is 21.8 Å². The molecule has 0 bridgehead atoms. The van der Waals surface area contributed by atoms with E-state index in [1.807, 2.05) is 13.0 Å². The van der Waals surface area contributed by atoms with E-state index in [9.17, 15) is 13.2 Å². The molecule has 3 aromatic heterocycles. The largest absolute Gasteiger partial charge is 0.435 e. The minimum Gasteiger partial charge on any atom is -0.284 e. The first-order valence-corrected chi connectivity index (χ1v) is 8.44. The topological polar surface area (TPSA) is 70.2 Å². The summed E-state index contributed by atoms with van der Waals surface area (Å²) >= 11 is 0. The van der Waals surface area contributed by atoms with Crippen LogP contribution in [0, 0.1) is 0 Å². The molecule has 0 saturated carbocycles. The molecule has 0 fully saturated rings. The molecule has 0 aliphatic rings. The summed E-state index contributed by atoms with van der Waals surface area (Å²) in [5.41, 5.74) is 1.49.